The van der Waals surface area contributed by atoms with Crippen molar-refractivity contribution < 1.29 is 4.79 Å². The molecule has 2 rings (SSSR count). The number of carbonyl (C=O) groups excluding carboxylic acids is 1. The van der Waals surface area contributed by atoms with Gasteiger partial charge in [0.05, 0.1) is 19.0 Å². The summed E-state index contributed by atoms with van der Waals surface area (Å²) in [6, 6.07) is 0. The third-order valence-electron chi connectivity index (χ3n) is 2.89. The standard InChI is InChI=1S/C9H15N5O/c1-9(10,6-3-4-6)7(15)5-8-11-13-14(2)12-8/h6H,3-5,10H2,1-2H3. The molecule has 2 N–H and O–H groups in total. The van der Waals surface area contributed by atoms with Crippen LogP contribution in [0.25, 0.3) is 0 Å². The van der Waals surface area contributed by atoms with E-state index in [4.69, 9.17) is 5.73 Å². The lowest BCUT2D eigenvalue weighted by Crippen LogP contribution is -2.48. The van der Waals surface area contributed by atoms with Gasteiger partial charge in [0.1, 0.15) is 0 Å². The molecule has 0 amide bonds. The monoisotopic (exact) mass is 209 g/mol. The molecule has 1 aliphatic rings. The second-order valence-electron chi connectivity index (χ2n) is 4.35. The summed E-state index contributed by atoms with van der Waals surface area (Å²) in [4.78, 5) is 13.2. The number of Topliss-reactive ketones (excluding diaryl/α,β-unsaturated/α-hetero) is 1. The highest BCUT2D eigenvalue weighted by Crippen LogP contribution is 2.38. The molecule has 6 nitrogen and oxygen atoms in total. The Hall–Kier alpha value is -1.30. The first-order chi connectivity index (χ1) is 7.00. The first-order valence-corrected chi connectivity index (χ1v) is 5.05. The van der Waals surface area contributed by atoms with Crippen LogP contribution in [0.5, 0.6) is 0 Å². The van der Waals surface area contributed by atoms with Gasteiger partial charge in [0, 0.05) is 0 Å². The molecular weight excluding hydrogens is 194 g/mol. The topological polar surface area (TPSA) is 86.7 Å². The Bertz CT molecular complexity index is 380. The Labute approximate surface area is 87.8 Å². The fourth-order valence-corrected chi connectivity index (χ4v) is 1.64. The summed E-state index contributed by atoms with van der Waals surface area (Å²) in [6.45, 7) is 1.80. The smallest absolute Gasteiger partial charge is 0.182 e. The highest BCUT2D eigenvalue weighted by Gasteiger charge is 2.43. The van der Waals surface area contributed by atoms with Gasteiger partial charge in [-0.15, -0.1) is 10.2 Å². The fraction of sp³-hybridized carbons (Fsp3) is 0.778. The highest BCUT2D eigenvalue weighted by molar-refractivity contribution is 5.89. The lowest BCUT2D eigenvalue weighted by molar-refractivity contribution is -0.123. The Morgan fingerprint density at radius 3 is 2.80 bits per heavy atom. The molecule has 82 valence electrons. The second-order valence-corrected chi connectivity index (χ2v) is 4.35. The summed E-state index contributed by atoms with van der Waals surface area (Å²) < 4.78 is 0. The van der Waals surface area contributed by atoms with Gasteiger partial charge in [-0.25, -0.2) is 0 Å². The van der Waals surface area contributed by atoms with E-state index in [1.807, 2.05) is 0 Å². The van der Waals surface area contributed by atoms with Crippen molar-refractivity contribution in [1.82, 2.24) is 20.2 Å². The van der Waals surface area contributed by atoms with Crippen molar-refractivity contribution in [2.75, 3.05) is 0 Å². The van der Waals surface area contributed by atoms with Crippen LogP contribution in [0.15, 0.2) is 0 Å². The molecule has 0 radical (unpaired) electrons. The van der Waals surface area contributed by atoms with Gasteiger partial charge in [0.15, 0.2) is 11.6 Å². The number of hydrogen-bond acceptors (Lipinski definition) is 5. The van der Waals surface area contributed by atoms with Gasteiger partial charge in [-0.05, 0) is 30.9 Å². The van der Waals surface area contributed by atoms with Gasteiger partial charge in [0.25, 0.3) is 0 Å². The van der Waals surface area contributed by atoms with E-state index in [0.29, 0.717) is 11.7 Å². The number of tetrazole rings is 1. The van der Waals surface area contributed by atoms with Crippen LogP contribution in [-0.4, -0.2) is 31.5 Å². The molecule has 1 aromatic heterocycles. The number of hydrogen-bond donors (Lipinski definition) is 1. The van der Waals surface area contributed by atoms with E-state index in [0.717, 1.165) is 12.8 Å². The molecule has 1 aliphatic carbocycles. The zero-order valence-corrected chi connectivity index (χ0v) is 8.97. The van der Waals surface area contributed by atoms with E-state index < -0.39 is 5.54 Å². The number of nitrogens with two attached hydrogens (primary N) is 1. The summed E-state index contributed by atoms with van der Waals surface area (Å²) in [5.74, 6) is 0.777. The van der Waals surface area contributed by atoms with E-state index in [1.54, 1.807) is 14.0 Å². The molecular formula is C9H15N5O. The van der Waals surface area contributed by atoms with Gasteiger partial charge in [0.2, 0.25) is 0 Å². The Balaban J connectivity index is 2.03. The maximum absolute atomic E-state index is 11.9. The Morgan fingerprint density at radius 2 is 2.33 bits per heavy atom. The predicted molar refractivity (Wildman–Crippen MR) is 52.8 cm³/mol. The first kappa shape index (κ1) is 10.2. The van der Waals surface area contributed by atoms with Crippen molar-refractivity contribution in [1.29, 1.82) is 0 Å². The molecule has 1 aromatic rings. The molecule has 1 fully saturated rings. The maximum Gasteiger partial charge on any atom is 0.182 e. The first-order valence-electron chi connectivity index (χ1n) is 5.05. The largest absolute Gasteiger partial charge is 0.319 e. The number of nitrogens with zero attached hydrogens (tertiary/aromatic N) is 4. The van der Waals surface area contributed by atoms with E-state index in [1.165, 1.54) is 4.80 Å². The Morgan fingerprint density at radius 1 is 1.67 bits per heavy atom. The minimum Gasteiger partial charge on any atom is -0.319 e. The van der Waals surface area contributed by atoms with Gasteiger partial charge in [-0.1, -0.05) is 0 Å². The predicted octanol–water partition coefficient (Wildman–Crippen LogP) is -0.551. The van der Waals surface area contributed by atoms with Crippen LogP contribution in [0.1, 0.15) is 25.6 Å². The van der Waals surface area contributed by atoms with Gasteiger partial charge in [-0.3, -0.25) is 4.79 Å². The molecule has 0 spiro atoms. The van der Waals surface area contributed by atoms with Crippen LogP contribution in [0.3, 0.4) is 0 Å². The number of rotatable bonds is 4. The Kier molecular flexibility index (Phi) is 2.30. The van der Waals surface area contributed by atoms with Crippen LogP contribution in [-0.2, 0) is 18.3 Å². The molecule has 0 bridgehead atoms. The third kappa shape index (κ3) is 2.04. The van der Waals surface area contributed by atoms with Crippen molar-refractivity contribution in [3.63, 3.8) is 0 Å². The molecule has 1 heterocycles. The number of carbonyl (C=O) groups is 1. The summed E-state index contributed by atoms with van der Waals surface area (Å²) >= 11 is 0. The number of aryl methyl sites for hydroxylation is 1. The van der Waals surface area contributed by atoms with Crippen molar-refractivity contribution in [3.05, 3.63) is 5.82 Å². The van der Waals surface area contributed by atoms with Crippen molar-refractivity contribution in [2.24, 2.45) is 18.7 Å². The zero-order valence-electron chi connectivity index (χ0n) is 8.97. The molecule has 1 saturated carbocycles. The van der Waals surface area contributed by atoms with E-state index in [-0.39, 0.29) is 12.2 Å². The minimum absolute atomic E-state index is 0.00185. The normalized spacial score (nSPS) is 19.9. The molecule has 6 heteroatoms. The summed E-state index contributed by atoms with van der Waals surface area (Å²) in [7, 11) is 1.67. The van der Waals surface area contributed by atoms with E-state index in [9.17, 15) is 4.79 Å². The summed E-state index contributed by atoms with van der Waals surface area (Å²) in [5.41, 5.74) is 5.26. The van der Waals surface area contributed by atoms with Gasteiger partial charge < -0.3 is 5.73 Å². The zero-order chi connectivity index (χ0) is 11.1. The van der Waals surface area contributed by atoms with Crippen molar-refractivity contribution in [2.45, 2.75) is 31.7 Å². The van der Waals surface area contributed by atoms with Gasteiger partial charge >= 0.3 is 0 Å². The quantitative estimate of drug-likeness (QED) is 0.719. The van der Waals surface area contributed by atoms with Crippen LogP contribution in [0.2, 0.25) is 0 Å². The average Bonchev–Trinajstić information content (AvgIpc) is 2.92. The number of aromatic nitrogens is 4. The maximum atomic E-state index is 11.9. The fourth-order valence-electron chi connectivity index (χ4n) is 1.64. The summed E-state index contributed by atoms with van der Waals surface area (Å²) in [5, 5.41) is 11.4. The number of ketones is 1. The molecule has 0 aromatic carbocycles. The van der Waals surface area contributed by atoms with Crippen LogP contribution < -0.4 is 5.73 Å². The average molecular weight is 209 g/mol. The summed E-state index contributed by atoms with van der Waals surface area (Å²) in [6.07, 6.45) is 2.27. The molecule has 1 unspecified atom stereocenters. The van der Waals surface area contributed by atoms with Crippen LogP contribution in [0.4, 0.5) is 0 Å². The second kappa shape index (κ2) is 3.37. The molecule has 0 saturated heterocycles. The SMILES string of the molecule is Cn1nnc(CC(=O)C(C)(N)C2CC2)n1. The van der Waals surface area contributed by atoms with Crippen LogP contribution >= 0.6 is 0 Å². The van der Waals surface area contributed by atoms with Crippen molar-refractivity contribution in [3.8, 4) is 0 Å². The molecule has 15 heavy (non-hydrogen) atoms. The van der Waals surface area contributed by atoms with Gasteiger partial charge in [-0.2, -0.15) is 4.80 Å². The minimum atomic E-state index is -0.723. The lowest BCUT2D eigenvalue weighted by atomic mass is 9.90. The lowest BCUT2D eigenvalue weighted by Gasteiger charge is -2.21. The highest BCUT2D eigenvalue weighted by atomic mass is 16.1. The molecule has 0 aliphatic heterocycles. The van der Waals surface area contributed by atoms with E-state index >= 15 is 0 Å². The van der Waals surface area contributed by atoms with Crippen molar-refractivity contribution >= 4 is 5.78 Å². The van der Waals surface area contributed by atoms with E-state index in [2.05, 4.69) is 15.4 Å². The molecule has 1 atom stereocenters. The third-order valence-corrected chi connectivity index (χ3v) is 2.89. The van der Waals surface area contributed by atoms with Crippen LogP contribution in [0, 0.1) is 5.92 Å².